The quantitative estimate of drug-likeness (QED) is 0.836. The average molecular weight is 346 g/mol. The van der Waals surface area contributed by atoms with Crippen LogP contribution < -0.4 is 20.7 Å². The summed E-state index contributed by atoms with van der Waals surface area (Å²) in [6, 6.07) is 10.6. The molecule has 1 unspecified atom stereocenters. The Morgan fingerprint density at radius 1 is 1.38 bits per heavy atom. The Morgan fingerprint density at radius 3 is 2.96 bits per heavy atom. The standard InChI is InChI=1S/C18H20ClN3O2/c1-11-14(19)4-3-5-15(11)21-18(23)12(2)22-8-9-24-17-10-13(20)6-7-16(17)22/h3-7,10,12H,8-9,20H2,1-2H3,(H,21,23). The summed E-state index contributed by atoms with van der Waals surface area (Å²) in [6.07, 6.45) is 0. The van der Waals surface area contributed by atoms with Gasteiger partial charge in [0.05, 0.1) is 12.2 Å². The molecule has 0 fully saturated rings. The first-order valence-corrected chi connectivity index (χ1v) is 8.20. The number of carbonyl (C=O) groups is 1. The van der Waals surface area contributed by atoms with E-state index in [9.17, 15) is 4.79 Å². The molecule has 126 valence electrons. The van der Waals surface area contributed by atoms with Crippen molar-refractivity contribution in [3.8, 4) is 5.75 Å². The smallest absolute Gasteiger partial charge is 0.246 e. The van der Waals surface area contributed by atoms with Crippen LogP contribution in [0.25, 0.3) is 0 Å². The lowest BCUT2D eigenvalue weighted by atomic mass is 10.1. The second-order valence-corrected chi connectivity index (χ2v) is 6.25. The van der Waals surface area contributed by atoms with Crippen LogP contribution in [0.2, 0.25) is 5.02 Å². The van der Waals surface area contributed by atoms with E-state index in [0.717, 1.165) is 16.9 Å². The third-order valence-electron chi connectivity index (χ3n) is 4.26. The summed E-state index contributed by atoms with van der Waals surface area (Å²) in [5.41, 5.74) is 8.91. The lowest BCUT2D eigenvalue weighted by molar-refractivity contribution is -0.117. The fourth-order valence-corrected chi connectivity index (χ4v) is 2.96. The van der Waals surface area contributed by atoms with Gasteiger partial charge in [-0.15, -0.1) is 0 Å². The van der Waals surface area contributed by atoms with E-state index < -0.39 is 0 Å². The van der Waals surface area contributed by atoms with Gasteiger partial charge < -0.3 is 20.7 Å². The molecule has 2 aromatic rings. The summed E-state index contributed by atoms with van der Waals surface area (Å²) in [4.78, 5) is 14.7. The Morgan fingerprint density at radius 2 is 2.17 bits per heavy atom. The zero-order valence-electron chi connectivity index (χ0n) is 13.7. The minimum atomic E-state index is -0.352. The molecule has 0 radical (unpaired) electrons. The maximum absolute atomic E-state index is 12.7. The number of hydrogen-bond acceptors (Lipinski definition) is 4. The second-order valence-electron chi connectivity index (χ2n) is 5.85. The van der Waals surface area contributed by atoms with Gasteiger partial charge in [0.2, 0.25) is 5.91 Å². The van der Waals surface area contributed by atoms with E-state index in [-0.39, 0.29) is 11.9 Å². The Labute approximate surface area is 146 Å². The predicted molar refractivity (Wildman–Crippen MR) is 98.0 cm³/mol. The summed E-state index contributed by atoms with van der Waals surface area (Å²) in [6.45, 7) is 4.92. The molecular formula is C18H20ClN3O2. The molecule has 1 amide bonds. The van der Waals surface area contributed by atoms with Gasteiger partial charge in [-0.1, -0.05) is 17.7 Å². The van der Waals surface area contributed by atoms with Crippen LogP contribution in [0, 0.1) is 6.92 Å². The van der Waals surface area contributed by atoms with Crippen LogP contribution >= 0.6 is 11.6 Å². The number of anilines is 3. The molecule has 0 bridgehead atoms. The van der Waals surface area contributed by atoms with Crippen molar-refractivity contribution in [2.45, 2.75) is 19.9 Å². The molecule has 1 aliphatic heterocycles. The molecule has 1 atom stereocenters. The van der Waals surface area contributed by atoms with Crippen LogP contribution in [-0.2, 0) is 4.79 Å². The van der Waals surface area contributed by atoms with E-state index in [1.165, 1.54) is 0 Å². The first-order valence-electron chi connectivity index (χ1n) is 7.82. The molecule has 0 aromatic heterocycles. The van der Waals surface area contributed by atoms with Gasteiger partial charge in [0.25, 0.3) is 0 Å². The van der Waals surface area contributed by atoms with Crippen molar-refractivity contribution in [2.75, 3.05) is 29.1 Å². The molecule has 5 nitrogen and oxygen atoms in total. The van der Waals surface area contributed by atoms with E-state index in [1.807, 2.05) is 43.0 Å². The van der Waals surface area contributed by atoms with E-state index in [2.05, 4.69) is 5.32 Å². The number of nitrogens with zero attached hydrogens (tertiary/aromatic N) is 1. The van der Waals surface area contributed by atoms with Gasteiger partial charge in [-0.2, -0.15) is 0 Å². The van der Waals surface area contributed by atoms with Crippen molar-refractivity contribution in [1.82, 2.24) is 0 Å². The number of rotatable bonds is 3. The number of hydrogen-bond donors (Lipinski definition) is 2. The lowest BCUT2D eigenvalue weighted by Crippen LogP contribution is -2.46. The minimum Gasteiger partial charge on any atom is -0.489 e. The predicted octanol–water partition coefficient (Wildman–Crippen LogP) is 3.46. The molecule has 3 N–H and O–H groups in total. The van der Waals surface area contributed by atoms with E-state index in [0.29, 0.717) is 29.6 Å². The summed E-state index contributed by atoms with van der Waals surface area (Å²) in [7, 11) is 0. The normalized spacial score (nSPS) is 14.5. The summed E-state index contributed by atoms with van der Waals surface area (Å²) >= 11 is 6.12. The van der Waals surface area contributed by atoms with Gasteiger partial charge in [-0.05, 0) is 43.7 Å². The van der Waals surface area contributed by atoms with Gasteiger partial charge in [-0.3, -0.25) is 4.79 Å². The Bertz CT molecular complexity index is 779. The SMILES string of the molecule is Cc1c(Cl)cccc1NC(=O)C(C)N1CCOc2cc(N)ccc21. The van der Waals surface area contributed by atoms with Crippen molar-refractivity contribution in [2.24, 2.45) is 0 Å². The second kappa shape index (κ2) is 6.61. The number of carbonyl (C=O) groups excluding carboxylic acids is 1. The maximum Gasteiger partial charge on any atom is 0.246 e. The molecule has 1 heterocycles. The molecule has 24 heavy (non-hydrogen) atoms. The largest absolute Gasteiger partial charge is 0.489 e. The molecule has 0 spiro atoms. The number of nitrogens with two attached hydrogens (primary N) is 1. The van der Waals surface area contributed by atoms with Crippen molar-refractivity contribution >= 4 is 34.6 Å². The minimum absolute atomic E-state index is 0.0926. The Balaban J connectivity index is 1.81. The zero-order chi connectivity index (χ0) is 17.3. The van der Waals surface area contributed by atoms with Crippen molar-refractivity contribution < 1.29 is 9.53 Å². The van der Waals surface area contributed by atoms with Gasteiger partial charge in [0, 0.05) is 22.5 Å². The van der Waals surface area contributed by atoms with Gasteiger partial charge in [-0.25, -0.2) is 0 Å². The third-order valence-corrected chi connectivity index (χ3v) is 4.67. The highest BCUT2D eigenvalue weighted by Crippen LogP contribution is 2.34. The highest BCUT2D eigenvalue weighted by molar-refractivity contribution is 6.31. The summed E-state index contributed by atoms with van der Waals surface area (Å²) in [5.74, 6) is 0.616. The van der Waals surface area contributed by atoms with E-state index in [4.69, 9.17) is 22.1 Å². The Kier molecular flexibility index (Phi) is 4.53. The van der Waals surface area contributed by atoms with Crippen molar-refractivity contribution in [3.63, 3.8) is 0 Å². The average Bonchev–Trinajstić information content (AvgIpc) is 2.57. The molecule has 0 aliphatic carbocycles. The molecule has 2 aromatic carbocycles. The molecule has 6 heteroatoms. The number of fused-ring (bicyclic) bond motifs is 1. The number of benzene rings is 2. The first-order chi connectivity index (χ1) is 11.5. The number of amides is 1. The zero-order valence-corrected chi connectivity index (χ0v) is 14.4. The fourth-order valence-electron chi connectivity index (χ4n) is 2.78. The van der Waals surface area contributed by atoms with E-state index >= 15 is 0 Å². The molecule has 0 saturated carbocycles. The lowest BCUT2D eigenvalue weighted by Gasteiger charge is -2.35. The first kappa shape index (κ1) is 16.5. The van der Waals surface area contributed by atoms with Crippen molar-refractivity contribution in [1.29, 1.82) is 0 Å². The van der Waals surface area contributed by atoms with Crippen LogP contribution in [-0.4, -0.2) is 25.1 Å². The number of nitrogen functional groups attached to an aromatic ring is 1. The molecular weight excluding hydrogens is 326 g/mol. The van der Waals surface area contributed by atoms with Gasteiger partial charge in [0.15, 0.2) is 0 Å². The highest BCUT2D eigenvalue weighted by atomic mass is 35.5. The molecule has 0 saturated heterocycles. The van der Waals surface area contributed by atoms with Crippen molar-refractivity contribution in [3.05, 3.63) is 47.0 Å². The number of ether oxygens (including phenoxy) is 1. The van der Waals surface area contributed by atoms with Crippen LogP contribution in [0.15, 0.2) is 36.4 Å². The fraction of sp³-hybridized carbons (Fsp3) is 0.278. The van der Waals surface area contributed by atoms with Gasteiger partial charge >= 0.3 is 0 Å². The molecule has 1 aliphatic rings. The maximum atomic E-state index is 12.7. The summed E-state index contributed by atoms with van der Waals surface area (Å²) < 4.78 is 5.65. The van der Waals surface area contributed by atoms with Crippen LogP contribution in [0.3, 0.4) is 0 Å². The number of halogens is 1. The highest BCUT2D eigenvalue weighted by Gasteiger charge is 2.27. The third kappa shape index (κ3) is 3.12. The topological polar surface area (TPSA) is 67.6 Å². The monoisotopic (exact) mass is 345 g/mol. The summed E-state index contributed by atoms with van der Waals surface area (Å²) in [5, 5.41) is 3.59. The van der Waals surface area contributed by atoms with Gasteiger partial charge in [0.1, 0.15) is 18.4 Å². The van der Waals surface area contributed by atoms with Crippen LogP contribution in [0.4, 0.5) is 17.1 Å². The van der Waals surface area contributed by atoms with Crippen LogP contribution in [0.1, 0.15) is 12.5 Å². The number of nitrogens with one attached hydrogen (secondary N) is 1. The molecule has 3 rings (SSSR count). The Hall–Kier alpha value is -2.40. The van der Waals surface area contributed by atoms with Crippen LogP contribution in [0.5, 0.6) is 5.75 Å². The van der Waals surface area contributed by atoms with E-state index in [1.54, 1.807) is 12.1 Å².